The van der Waals surface area contributed by atoms with Gasteiger partial charge in [0.1, 0.15) is 5.75 Å². The maximum absolute atomic E-state index is 5.37. The summed E-state index contributed by atoms with van der Waals surface area (Å²) in [5.74, 6) is 2.55. The lowest BCUT2D eigenvalue weighted by Crippen LogP contribution is -2.43. The van der Waals surface area contributed by atoms with Gasteiger partial charge in [-0.2, -0.15) is 0 Å². The summed E-state index contributed by atoms with van der Waals surface area (Å²) in [5.41, 5.74) is 1.32. The Hall–Kier alpha value is -1.06. The van der Waals surface area contributed by atoms with Crippen molar-refractivity contribution >= 4 is 0 Å². The number of hydrogen-bond acceptors (Lipinski definition) is 3. The normalized spacial score (nSPS) is 24.8. The number of likely N-dealkylation sites (N-methyl/N-ethyl adjacent to an activating group) is 1. The molecule has 21 heavy (non-hydrogen) atoms. The molecule has 1 aromatic carbocycles. The zero-order valence-corrected chi connectivity index (χ0v) is 13.9. The lowest BCUT2D eigenvalue weighted by molar-refractivity contribution is 0.128. The van der Waals surface area contributed by atoms with Crippen molar-refractivity contribution in [3.63, 3.8) is 0 Å². The third-order valence-electron chi connectivity index (χ3n) is 4.33. The molecule has 1 saturated heterocycles. The highest BCUT2D eigenvalue weighted by Crippen LogP contribution is 2.25. The average molecular weight is 290 g/mol. The third-order valence-corrected chi connectivity index (χ3v) is 4.33. The van der Waals surface area contributed by atoms with Gasteiger partial charge in [-0.3, -0.25) is 0 Å². The Kier molecular flexibility index (Phi) is 6.07. The summed E-state index contributed by atoms with van der Waals surface area (Å²) >= 11 is 0. The largest absolute Gasteiger partial charge is 0.497 e. The third kappa shape index (κ3) is 4.72. The number of piperidine rings is 1. The van der Waals surface area contributed by atoms with Gasteiger partial charge in [0.15, 0.2) is 0 Å². The smallest absolute Gasteiger partial charge is 0.119 e. The van der Waals surface area contributed by atoms with Crippen molar-refractivity contribution in [2.75, 3.05) is 33.3 Å². The Balaban J connectivity index is 2.07. The molecule has 1 aliphatic heterocycles. The number of methoxy groups -OCH3 is 1. The molecule has 0 bridgehead atoms. The van der Waals surface area contributed by atoms with Gasteiger partial charge >= 0.3 is 0 Å². The van der Waals surface area contributed by atoms with Crippen LogP contribution < -0.4 is 10.1 Å². The number of nitrogens with one attached hydrogen (secondary N) is 1. The molecule has 0 amide bonds. The van der Waals surface area contributed by atoms with Crippen molar-refractivity contribution in [1.82, 2.24) is 10.2 Å². The molecular formula is C18H30N2O. The summed E-state index contributed by atoms with van der Waals surface area (Å²) in [7, 11) is 1.73. The molecule has 2 rings (SSSR count). The van der Waals surface area contributed by atoms with Crippen molar-refractivity contribution in [3.05, 3.63) is 29.8 Å². The molecular weight excluding hydrogens is 260 g/mol. The van der Waals surface area contributed by atoms with E-state index in [0.717, 1.165) is 30.7 Å². The predicted molar refractivity (Wildman–Crippen MR) is 88.8 cm³/mol. The fourth-order valence-corrected chi connectivity index (χ4v) is 3.59. The summed E-state index contributed by atoms with van der Waals surface area (Å²) in [4.78, 5) is 2.62. The molecule has 3 heteroatoms. The van der Waals surface area contributed by atoms with E-state index in [1.807, 2.05) is 6.07 Å². The summed E-state index contributed by atoms with van der Waals surface area (Å²) in [6.45, 7) is 11.4. The number of ether oxygens (including phenoxy) is 1. The van der Waals surface area contributed by atoms with Crippen LogP contribution in [0.2, 0.25) is 0 Å². The summed E-state index contributed by atoms with van der Waals surface area (Å²) in [5, 5.41) is 3.63. The highest BCUT2D eigenvalue weighted by molar-refractivity contribution is 5.30. The fraction of sp³-hybridized carbons (Fsp3) is 0.667. The average Bonchev–Trinajstić information content (AvgIpc) is 2.46. The molecule has 1 aliphatic rings. The molecule has 0 spiro atoms. The molecule has 0 radical (unpaired) electrons. The Labute approximate surface area is 129 Å². The molecule has 118 valence electrons. The van der Waals surface area contributed by atoms with E-state index in [0.29, 0.717) is 6.04 Å². The van der Waals surface area contributed by atoms with E-state index >= 15 is 0 Å². The summed E-state index contributed by atoms with van der Waals surface area (Å²) in [6.07, 6.45) is 1.36. The molecule has 1 heterocycles. The highest BCUT2D eigenvalue weighted by Gasteiger charge is 2.24. The molecule has 0 aliphatic carbocycles. The second kappa shape index (κ2) is 7.81. The first-order chi connectivity index (χ1) is 10.1. The zero-order chi connectivity index (χ0) is 15.2. The minimum atomic E-state index is 0.377. The molecule has 1 fully saturated rings. The van der Waals surface area contributed by atoms with Gasteiger partial charge in [0, 0.05) is 25.7 Å². The molecule has 3 nitrogen and oxygen atoms in total. The monoisotopic (exact) mass is 290 g/mol. The van der Waals surface area contributed by atoms with Gasteiger partial charge in [-0.05, 0) is 42.5 Å². The van der Waals surface area contributed by atoms with Gasteiger partial charge in [0.05, 0.1) is 7.11 Å². The van der Waals surface area contributed by atoms with Gasteiger partial charge in [0.2, 0.25) is 0 Å². The number of benzene rings is 1. The van der Waals surface area contributed by atoms with Crippen molar-refractivity contribution in [1.29, 1.82) is 0 Å². The summed E-state index contributed by atoms with van der Waals surface area (Å²) in [6, 6.07) is 8.83. The van der Waals surface area contributed by atoms with E-state index in [-0.39, 0.29) is 0 Å². The quantitative estimate of drug-likeness (QED) is 0.870. The molecule has 1 aromatic rings. The van der Waals surface area contributed by atoms with E-state index < -0.39 is 0 Å². The molecule has 3 unspecified atom stereocenters. The highest BCUT2D eigenvalue weighted by atomic mass is 16.5. The van der Waals surface area contributed by atoms with Crippen LogP contribution in [0.25, 0.3) is 0 Å². The van der Waals surface area contributed by atoms with E-state index in [1.165, 1.54) is 25.1 Å². The second-order valence-electron chi connectivity index (χ2n) is 6.55. The van der Waals surface area contributed by atoms with E-state index in [1.54, 1.807) is 7.11 Å². The lowest BCUT2D eigenvalue weighted by atomic mass is 9.91. The standard InChI is InChI=1S/C18H30N2O/c1-5-19-18(16-7-6-8-17(10-16)21-4)13-20-11-14(2)9-15(3)12-20/h6-8,10,14-15,18-19H,5,9,11-13H2,1-4H3. The van der Waals surface area contributed by atoms with Crippen LogP contribution in [0.4, 0.5) is 0 Å². The first-order valence-electron chi connectivity index (χ1n) is 8.22. The Morgan fingerprint density at radius 2 is 2.00 bits per heavy atom. The van der Waals surface area contributed by atoms with Gasteiger partial charge in [-0.25, -0.2) is 0 Å². The van der Waals surface area contributed by atoms with Crippen LogP contribution in [0.3, 0.4) is 0 Å². The number of rotatable bonds is 6. The van der Waals surface area contributed by atoms with Gasteiger partial charge in [-0.1, -0.05) is 32.9 Å². The molecule has 1 N–H and O–H groups in total. The van der Waals surface area contributed by atoms with Crippen molar-refractivity contribution in [3.8, 4) is 5.75 Å². The lowest BCUT2D eigenvalue weighted by Gasteiger charge is -2.37. The zero-order valence-electron chi connectivity index (χ0n) is 13.9. The van der Waals surface area contributed by atoms with Crippen molar-refractivity contribution < 1.29 is 4.74 Å². The molecule has 0 aromatic heterocycles. The summed E-state index contributed by atoms with van der Waals surface area (Å²) < 4.78 is 5.37. The fourth-order valence-electron chi connectivity index (χ4n) is 3.59. The molecule has 0 saturated carbocycles. The minimum absolute atomic E-state index is 0.377. The van der Waals surface area contributed by atoms with Crippen LogP contribution in [0.15, 0.2) is 24.3 Å². The SMILES string of the molecule is CCNC(CN1CC(C)CC(C)C1)c1cccc(OC)c1. The van der Waals surface area contributed by atoms with Crippen LogP contribution in [-0.4, -0.2) is 38.2 Å². The van der Waals surface area contributed by atoms with Crippen LogP contribution >= 0.6 is 0 Å². The maximum atomic E-state index is 5.37. The van der Waals surface area contributed by atoms with Crippen LogP contribution in [0.1, 0.15) is 38.8 Å². The van der Waals surface area contributed by atoms with E-state index in [9.17, 15) is 0 Å². The number of nitrogens with zero attached hydrogens (tertiary/aromatic N) is 1. The van der Waals surface area contributed by atoms with Crippen molar-refractivity contribution in [2.24, 2.45) is 11.8 Å². The maximum Gasteiger partial charge on any atom is 0.119 e. The van der Waals surface area contributed by atoms with Gasteiger partial charge in [-0.15, -0.1) is 0 Å². The van der Waals surface area contributed by atoms with Crippen molar-refractivity contribution in [2.45, 2.75) is 33.2 Å². The Bertz CT molecular complexity index is 425. The van der Waals surface area contributed by atoms with Gasteiger partial charge in [0.25, 0.3) is 0 Å². The van der Waals surface area contributed by atoms with E-state index in [2.05, 4.69) is 49.2 Å². The van der Waals surface area contributed by atoms with Gasteiger partial charge < -0.3 is 15.0 Å². The topological polar surface area (TPSA) is 24.5 Å². The van der Waals surface area contributed by atoms with E-state index in [4.69, 9.17) is 4.74 Å². The number of hydrogen-bond donors (Lipinski definition) is 1. The minimum Gasteiger partial charge on any atom is -0.497 e. The Morgan fingerprint density at radius 3 is 2.62 bits per heavy atom. The first-order valence-corrected chi connectivity index (χ1v) is 8.22. The first kappa shape index (κ1) is 16.3. The van der Waals surface area contributed by atoms with Crippen LogP contribution in [0, 0.1) is 11.8 Å². The Morgan fingerprint density at radius 1 is 1.29 bits per heavy atom. The second-order valence-corrected chi connectivity index (χ2v) is 6.55. The number of likely N-dealkylation sites (tertiary alicyclic amines) is 1. The predicted octanol–water partition coefficient (Wildman–Crippen LogP) is 3.32. The van der Waals surface area contributed by atoms with Crippen LogP contribution in [0.5, 0.6) is 5.75 Å². The van der Waals surface area contributed by atoms with Crippen LogP contribution in [-0.2, 0) is 0 Å². The molecule has 3 atom stereocenters.